The molecule has 1 aromatic carbocycles. The predicted molar refractivity (Wildman–Crippen MR) is 74.7 cm³/mol. The molecule has 0 aliphatic carbocycles. The standard InChI is InChI=1S/C13H20N4O2/c1-17(2)13(19)16-8-7-15-12(18)9-10-3-5-11(14)6-4-10/h3-6H,7-9,14H2,1-2H3,(H,15,18)(H,16,19). The van der Waals surface area contributed by atoms with Gasteiger partial charge in [-0.25, -0.2) is 4.79 Å². The minimum atomic E-state index is -0.173. The fourth-order valence-electron chi connectivity index (χ4n) is 1.41. The van der Waals surface area contributed by atoms with E-state index in [1.807, 2.05) is 12.1 Å². The number of nitrogen functional groups attached to an aromatic ring is 1. The molecule has 0 radical (unpaired) electrons. The van der Waals surface area contributed by atoms with Crippen molar-refractivity contribution in [3.8, 4) is 0 Å². The Labute approximate surface area is 113 Å². The van der Waals surface area contributed by atoms with Gasteiger partial charge in [-0.15, -0.1) is 0 Å². The molecular weight excluding hydrogens is 244 g/mol. The lowest BCUT2D eigenvalue weighted by Gasteiger charge is -2.12. The van der Waals surface area contributed by atoms with Gasteiger partial charge in [0.05, 0.1) is 6.42 Å². The topological polar surface area (TPSA) is 87.5 Å². The Hall–Kier alpha value is -2.24. The van der Waals surface area contributed by atoms with Crippen LogP contribution < -0.4 is 16.4 Å². The quantitative estimate of drug-likeness (QED) is 0.524. The molecule has 19 heavy (non-hydrogen) atoms. The van der Waals surface area contributed by atoms with Crippen molar-refractivity contribution < 1.29 is 9.59 Å². The van der Waals surface area contributed by atoms with Crippen LogP contribution in [0.4, 0.5) is 10.5 Å². The molecule has 0 atom stereocenters. The molecule has 0 aliphatic heterocycles. The average Bonchev–Trinajstić information content (AvgIpc) is 2.37. The first-order chi connectivity index (χ1) is 8.99. The smallest absolute Gasteiger partial charge is 0.316 e. The summed E-state index contributed by atoms with van der Waals surface area (Å²) in [5.74, 6) is -0.0797. The molecule has 3 amide bonds. The number of hydrogen-bond acceptors (Lipinski definition) is 3. The van der Waals surface area contributed by atoms with E-state index in [1.54, 1.807) is 26.2 Å². The zero-order valence-corrected chi connectivity index (χ0v) is 11.3. The molecule has 0 heterocycles. The Morgan fingerprint density at radius 2 is 1.68 bits per heavy atom. The number of carbonyl (C=O) groups excluding carboxylic acids is 2. The fourth-order valence-corrected chi connectivity index (χ4v) is 1.41. The maximum atomic E-state index is 11.6. The first kappa shape index (κ1) is 14.8. The normalized spacial score (nSPS) is 9.79. The van der Waals surface area contributed by atoms with E-state index in [0.29, 0.717) is 25.2 Å². The summed E-state index contributed by atoms with van der Waals surface area (Å²) in [7, 11) is 3.32. The number of amides is 3. The lowest BCUT2D eigenvalue weighted by atomic mass is 10.1. The summed E-state index contributed by atoms with van der Waals surface area (Å²) in [4.78, 5) is 24.3. The van der Waals surface area contributed by atoms with Crippen LogP contribution in [0.25, 0.3) is 0 Å². The molecular formula is C13H20N4O2. The molecule has 104 valence electrons. The van der Waals surface area contributed by atoms with Crippen molar-refractivity contribution in [1.29, 1.82) is 0 Å². The third-order valence-corrected chi connectivity index (χ3v) is 2.47. The number of urea groups is 1. The number of nitrogens with two attached hydrogens (primary N) is 1. The Balaban J connectivity index is 2.21. The van der Waals surface area contributed by atoms with E-state index in [1.165, 1.54) is 4.90 Å². The van der Waals surface area contributed by atoms with Crippen LogP contribution in [0.1, 0.15) is 5.56 Å². The van der Waals surface area contributed by atoms with Crippen LogP contribution in [0.15, 0.2) is 24.3 Å². The van der Waals surface area contributed by atoms with Gasteiger partial charge in [-0.3, -0.25) is 4.79 Å². The van der Waals surface area contributed by atoms with Crippen molar-refractivity contribution in [1.82, 2.24) is 15.5 Å². The van der Waals surface area contributed by atoms with Crippen LogP contribution >= 0.6 is 0 Å². The third-order valence-electron chi connectivity index (χ3n) is 2.47. The van der Waals surface area contributed by atoms with E-state index in [4.69, 9.17) is 5.73 Å². The molecule has 1 aromatic rings. The maximum absolute atomic E-state index is 11.6. The molecule has 0 bridgehead atoms. The number of anilines is 1. The number of hydrogen-bond donors (Lipinski definition) is 3. The summed E-state index contributed by atoms with van der Waals surface area (Å²) >= 11 is 0. The molecule has 6 nitrogen and oxygen atoms in total. The van der Waals surface area contributed by atoms with Gasteiger partial charge in [-0.2, -0.15) is 0 Å². The van der Waals surface area contributed by atoms with Crippen LogP contribution in [0.2, 0.25) is 0 Å². The van der Waals surface area contributed by atoms with E-state index in [-0.39, 0.29) is 11.9 Å². The lowest BCUT2D eigenvalue weighted by Crippen LogP contribution is -2.39. The van der Waals surface area contributed by atoms with Crippen LogP contribution in [0, 0.1) is 0 Å². The number of rotatable bonds is 5. The monoisotopic (exact) mass is 264 g/mol. The molecule has 0 spiro atoms. The highest BCUT2D eigenvalue weighted by molar-refractivity contribution is 5.78. The van der Waals surface area contributed by atoms with Crippen molar-refractivity contribution >= 4 is 17.6 Å². The highest BCUT2D eigenvalue weighted by atomic mass is 16.2. The van der Waals surface area contributed by atoms with Crippen LogP contribution in [0.5, 0.6) is 0 Å². The molecule has 0 aromatic heterocycles. The molecule has 0 saturated heterocycles. The van der Waals surface area contributed by atoms with E-state index in [9.17, 15) is 9.59 Å². The number of benzene rings is 1. The molecule has 0 saturated carbocycles. The van der Waals surface area contributed by atoms with Gasteiger partial charge in [-0.1, -0.05) is 12.1 Å². The summed E-state index contributed by atoms with van der Waals surface area (Å²) in [5, 5.41) is 5.40. The fraction of sp³-hybridized carbons (Fsp3) is 0.385. The Morgan fingerprint density at radius 3 is 2.26 bits per heavy atom. The highest BCUT2D eigenvalue weighted by Crippen LogP contribution is 2.05. The summed E-state index contributed by atoms with van der Waals surface area (Å²) < 4.78 is 0. The Kier molecular flexibility index (Phi) is 5.66. The van der Waals surface area contributed by atoms with Crippen molar-refractivity contribution in [2.75, 3.05) is 32.9 Å². The van der Waals surface area contributed by atoms with Gasteiger partial charge in [0.2, 0.25) is 5.91 Å². The van der Waals surface area contributed by atoms with Crippen LogP contribution in [-0.2, 0) is 11.2 Å². The van der Waals surface area contributed by atoms with Crippen LogP contribution in [0.3, 0.4) is 0 Å². The minimum absolute atomic E-state index is 0.0797. The van der Waals surface area contributed by atoms with E-state index >= 15 is 0 Å². The number of nitrogens with one attached hydrogen (secondary N) is 2. The van der Waals surface area contributed by atoms with Gasteiger partial charge in [0.1, 0.15) is 0 Å². The van der Waals surface area contributed by atoms with Gasteiger partial charge in [0, 0.05) is 32.9 Å². The van der Waals surface area contributed by atoms with E-state index in [0.717, 1.165) is 5.56 Å². The largest absolute Gasteiger partial charge is 0.399 e. The zero-order valence-electron chi connectivity index (χ0n) is 11.3. The van der Waals surface area contributed by atoms with Crippen molar-refractivity contribution in [2.24, 2.45) is 0 Å². The molecule has 6 heteroatoms. The van der Waals surface area contributed by atoms with Gasteiger partial charge < -0.3 is 21.3 Å². The van der Waals surface area contributed by atoms with Crippen LogP contribution in [-0.4, -0.2) is 44.0 Å². The Morgan fingerprint density at radius 1 is 1.11 bits per heavy atom. The van der Waals surface area contributed by atoms with E-state index in [2.05, 4.69) is 10.6 Å². The van der Waals surface area contributed by atoms with Gasteiger partial charge >= 0.3 is 6.03 Å². The minimum Gasteiger partial charge on any atom is -0.399 e. The lowest BCUT2D eigenvalue weighted by molar-refractivity contribution is -0.120. The summed E-state index contributed by atoms with van der Waals surface area (Å²) in [5.41, 5.74) is 7.15. The van der Waals surface area contributed by atoms with Gasteiger partial charge in [0.15, 0.2) is 0 Å². The molecule has 4 N–H and O–H groups in total. The van der Waals surface area contributed by atoms with E-state index < -0.39 is 0 Å². The molecule has 0 fully saturated rings. The second-order valence-corrected chi connectivity index (χ2v) is 4.39. The number of nitrogens with zero attached hydrogens (tertiary/aromatic N) is 1. The summed E-state index contributed by atoms with van der Waals surface area (Å²) in [6.45, 7) is 0.817. The first-order valence-corrected chi connectivity index (χ1v) is 6.05. The third kappa shape index (κ3) is 5.76. The Bertz CT molecular complexity index is 429. The summed E-state index contributed by atoms with van der Waals surface area (Å²) in [6.07, 6.45) is 0.307. The zero-order chi connectivity index (χ0) is 14.3. The predicted octanol–water partition coefficient (Wildman–Crippen LogP) is 0.199. The highest BCUT2D eigenvalue weighted by Gasteiger charge is 2.04. The molecule has 0 aliphatic rings. The molecule has 1 rings (SSSR count). The molecule has 0 unspecified atom stereocenters. The SMILES string of the molecule is CN(C)C(=O)NCCNC(=O)Cc1ccc(N)cc1. The second-order valence-electron chi connectivity index (χ2n) is 4.39. The number of carbonyl (C=O) groups is 2. The first-order valence-electron chi connectivity index (χ1n) is 6.05. The summed E-state index contributed by atoms with van der Waals surface area (Å²) in [6, 6.07) is 7.00. The second kappa shape index (κ2) is 7.25. The van der Waals surface area contributed by atoms with Crippen molar-refractivity contribution in [3.05, 3.63) is 29.8 Å². The van der Waals surface area contributed by atoms with Gasteiger partial charge in [0.25, 0.3) is 0 Å². The van der Waals surface area contributed by atoms with Crippen molar-refractivity contribution in [2.45, 2.75) is 6.42 Å². The van der Waals surface area contributed by atoms with Gasteiger partial charge in [-0.05, 0) is 17.7 Å². The van der Waals surface area contributed by atoms with Crippen molar-refractivity contribution in [3.63, 3.8) is 0 Å². The maximum Gasteiger partial charge on any atom is 0.316 e. The average molecular weight is 264 g/mol.